The number of hydrogen-bond donors (Lipinski definition) is 2. The lowest BCUT2D eigenvalue weighted by atomic mass is 9.92. The van der Waals surface area contributed by atoms with Crippen LogP contribution in [0.25, 0.3) is 0 Å². The van der Waals surface area contributed by atoms with Crippen LogP contribution in [0.1, 0.15) is 79.7 Å². The Kier molecular flexibility index (Phi) is 10.6. The lowest BCUT2D eigenvalue weighted by Gasteiger charge is -2.30. The first kappa shape index (κ1) is 30.3. The van der Waals surface area contributed by atoms with Crippen molar-refractivity contribution in [1.82, 2.24) is 15.5 Å². The second kappa shape index (κ2) is 13.0. The molecule has 0 aromatic heterocycles. The van der Waals surface area contributed by atoms with Crippen molar-refractivity contribution in [2.45, 2.75) is 98.3 Å². The van der Waals surface area contributed by atoms with Gasteiger partial charge in [-0.2, -0.15) is 0 Å². The average Bonchev–Trinajstić information content (AvgIpc) is 3.22. The number of amides is 3. The fourth-order valence-corrected chi connectivity index (χ4v) is 3.96. The van der Waals surface area contributed by atoms with Gasteiger partial charge in [-0.15, -0.1) is 0 Å². The predicted octanol–water partition coefficient (Wildman–Crippen LogP) is 4.42. The highest BCUT2D eigenvalue weighted by atomic mass is 16.7. The second-order valence-corrected chi connectivity index (χ2v) is 12.0. The maximum absolute atomic E-state index is 13.4. The molecule has 1 aliphatic heterocycles. The van der Waals surface area contributed by atoms with E-state index in [2.05, 4.69) is 10.6 Å². The van der Waals surface area contributed by atoms with Crippen LogP contribution in [0.15, 0.2) is 18.2 Å². The topological polar surface area (TPSA) is 106 Å². The van der Waals surface area contributed by atoms with E-state index in [-0.39, 0.29) is 30.1 Å². The summed E-state index contributed by atoms with van der Waals surface area (Å²) in [6.07, 6.45) is 2.26. The molecule has 3 amide bonds. The van der Waals surface area contributed by atoms with Gasteiger partial charge in [-0.3, -0.25) is 9.59 Å². The molecule has 1 heterocycles. The standard InChI is InChI=1S/C28H45N3O6/c1-19(15-20-12-13-22-23(16-20)36-18-35-22)31(8)25(33)21(30-26(34)37-28(5,6)7)11-9-10-14-29-24(32)17-27(2,3)4/h12-13,16,19,21H,9-11,14-15,17-18H2,1-8H3,(H,29,32)(H,30,34)/t19?,21-/m0/s1. The highest BCUT2D eigenvalue weighted by Crippen LogP contribution is 2.33. The molecular formula is C28H45N3O6. The van der Waals surface area contributed by atoms with E-state index in [0.29, 0.717) is 44.4 Å². The monoisotopic (exact) mass is 519 g/mol. The van der Waals surface area contributed by atoms with E-state index in [1.165, 1.54) is 0 Å². The zero-order valence-corrected chi connectivity index (χ0v) is 23.7. The van der Waals surface area contributed by atoms with Crippen LogP contribution >= 0.6 is 0 Å². The van der Waals surface area contributed by atoms with Gasteiger partial charge in [-0.1, -0.05) is 26.8 Å². The number of carbonyl (C=O) groups is 3. The van der Waals surface area contributed by atoms with E-state index in [4.69, 9.17) is 14.2 Å². The van der Waals surface area contributed by atoms with E-state index < -0.39 is 17.7 Å². The quantitative estimate of drug-likeness (QED) is 0.419. The number of likely N-dealkylation sites (N-methyl/N-ethyl adjacent to an activating group) is 1. The Morgan fingerprint density at radius 3 is 2.38 bits per heavy atom. The summed E-state index contributed by atoms with van der Waals surface area (Å²) in [4.78, 5) is 39.6. The number of alkyl carbamates (subject to hydrolysis) is 1. The third-order valence-corrected chi connectivity index (χ3v) is 5.90. The van der Waals surface area contributed by atoms with Crippen LogP contribution in [0.5, 0.6) is 11.5 Å². The van der Waals surface area contributed by atoms with Crippen LogP contribution in [0.3, 0.4) is 0 Å². The second-order valence-electron chi connectivity index (χ2n) is 12.0. The Morgan fingerprint density at radius 2 is 1.73 bits per heavy atom. The summed E-state index contributed by atoms with van der Waals surface area (Å²) < 4.78 is 16.2. The number of rotatable bonds is 11. The third kappa shape index (κ3) is 10.9. The molecule has 9 nitrogen and oxygen atoms in total. The maximum Gasteiger partial charge on any atom is 0.408 e. The van der Waals surface area contributed by atoms with Gasteiger partial charge in [0.25, 0.3) is 0 Å². The van der Waals surface area contributed by atoms with Crippen molar-refractivity contribution in [1.29, 1.82) is 0 Å². The highest BCUT2D eigenvalue weighted by molar-refractivity contribution is 5.85. The smallest absolute Gasteiger partial charge is 0.408 e. The van der Waals surface area contributed by atoms with E-state index in [1.54, 1.807) is 32.7 Å². The van der Waals surface area contributed by atoms with E-state index in [1.807, 2.05) is 45.9 Å². The Hall–Kier alpha value is -2.97. The van der Waals surface area contributed by atoms with Crippen LogP contribution in [0.4, 0.5) is 4.79 Å². The van der Waals surface area contributed by atoms with E-state index in [0.717, 1.165) is 11.3 Å². The summed E-state index contributed by atoms with van der Waals surface area (Å²) in [6, 6.07) is 4.92. The van der Waals surface area contributed by atoms with Crippen LogP contribution < -0.4 is 20.1 Å². The van der Waals surface area contributed by atoms with Crippen molar-refractivity contribution in [2.24, 2.45) is 5.41 Å². The highest BCUT2D eigenvalue weighted by Gasteiger charge is 2.28. The Morgan fingerprint density at radius 1 is 1.05 bits per heavy atom. The summed E-state index contributed by atoms with van der Waals surface area (Å²) in [5, 5.41) is 5.70. The number of ether oxygens (including phenoxy) is 3. The fourth-order valence-electron chi connectivity index (χ4n) is 3.96. The molecule has 2 atom stereocenters. The van der Waals surface area contributed by atoms with Crippen LogP contribution in [-0.4, -0.2) is 60.9 Å². The molecule has 1 aromatic carbocycles. The van der Waals surface area contributed by atoms with Crippen molar-refractivity contribution in [3.63, 3.8) is 0 Å². The van der Waals surface area contributed by atoms with Gasteiger partial charge in [0, 0.05) is 26.1 Å². The number of hydrogen-bond acceptors (Lipinski definition) is 6. The number of benzene rings is 1. The summed E-state index contributed by atoms with van der Waals surface area (Å²) in [7, 11) is 1.75. The lowest BCUT2D eigenvalue weighted by molar-refractivity contribution is -0.134. The number of fused-ring (bicyclic) bond motifs is 1. The van der Waals surface area contributed by atoms with Gasteiger partial charge in [0.15, 0.2) is 11.5 Å². The van der Waals surface area contributed by atoms with Crippen molar-refractivity contribution in [2.75, 3.05) is 20.4 Å². The van der Waals surface area contributed by atoms with Crippen LogP contribution in [-0.2, 0) is 20.7 Å². The molecule has 2 rings (SSSR count). The van der Waals surface area contributed by atoms with Gasteiger partial charge in [0.2, 0.25) is 18.6 Å². The van der Waals surface area contributed by atoms with Crippen LogP contribution in [0, 0.1) is 5.41 Å². The Balaban J connectivity index is 1.96. The third-order valence-electron chi connectivity index (χ3n) is 5.90. The summed E-state index contributed by atoms with van der Waals surface area (Å²) >= 11 is 0. The van der Waals surface area contributed by atoms with Crippen molar-refractivity contribution >= 4 is 17.9 Å². The first-order chi connectivity index (χ1) is 17.1. The summed E-state index contributed by atoms with van der Waals surface area (Å²) in [6.45, 7) is 14.1. The Labute approximate surface area is 221 Å². The van der Waals surface area contributed by atoms with Gasteiger partial charge >= 0.3 is 6.09 Å². The molecule has 0 saturated carbocycles. The molecule has 0 fully saturated rings. The molecule has 1 aromatic rings. The van der Waals surface area contributed by atoms with Crippen LogP contribution in [0.2, 0.25) is 0 Å². The van der Waals surface area contributed by atoms with E-state index in [9.17, 15) is 14.4 Å². The minimum Gasteiger partial charge on any atom is -0.454 e. The fraction of sp³-hybridized carbons (Fsp3) is 0.679. The molecule has 0 radical (unpaired) electrons. The zero-order valence-electron chi connectivity index (χ0n) is 23.7. The average molecular weight is 520 g/mol. The first-order valence-electron chi connectivity index (χ1n) is 13.1. The minimum atomic E-state index is -0.732. The summed E-state index contributed by atoms with van der Waals surface area (Å²) in [5.74, 6) is 1.26. The molecule has 0 aliphatic carbocycles. The van der Waals surface area contributed by atoms with Gasteiger partial charge in [0.1, 0.15) is 11.6 Å². The SMILES string of the molecule is CC(Cc1ccc2c(c1)OCO2)N(C)C(=O)[C@H](CCCCNC(=O)CC(C)(C)C)NC(=O)OC(C)(C)C. The van der Waals surface area contributed by atoms with E-state index >= 15 is 0 Å². The first-order valence-corrected chi connectivity index (χ1v) is 13.1. The molecular weight excluding hydrogens is 474 g/mol. The minimum absolute atomic E-state index is 0.0177. The van der Waals surface area contributed by atoms with Gasteiger partial charge in [0.05, 0.1) is 0 Å². The number of nitrogens with one attached hydrogen (secondary N) is 2. The molecule has 0 bridgehead atoms. The lowest BCUT2D eigenvalue weighted by Crippen LogP contribution is -2.51. The number of unbranched alkanes of at least 4 members (excludes halogenated alkanes) is 1. The zero-order chi connectivity index (χ0) is 27.8. The molecule has 0 spiro atoms. The van der Waals surface area contributed by atoms with Crippen molar-refractivity contribution in [3.8, 4) is 11.5 Å². The number of nitrogens with zero attached hydrogens (tertiary/aromatic N) is 1. The molecule has 2 N–H and O–H groups in total. The normalized spacial score (nSPS) is 14.5. The summed E-state index contributed by atoms with van der Waals surface area (Å²) in [5.41, 5.74) is 0.285. The van der Waals surface area contributed by atoms with Crippen molar-refractivity contribution in [3.05, 3.63) is 23.8 Å². The largest absolute Gasteiger partial charge is 0.454 e. The maximum atomic E-state index is 13.4. The molecule has 1 aliphatic rings. The predicted molar refractivity (Wildman–Crippen MR) is 143 cm³/mol. The molecule has 208 valence electrons. The molecule has 1 unspecified atom stereocenters. The van der Waals surface area contributed by atoms with Crippen molar-refractivity contribution < 1.29 is 28.6 Å². The molecule has 0 saturated heterocycles. The molecule has 37 heavy (non-hydrogen) atoms. The van der Waals surface area contributed by atoms with Gasteiger partial charge in [-0.05, 0) is 76.5 Å². The molecule has 9 heteroatoms. The Bertz CT molecular complexity index is 935. The van der Waals surface area contributed by atoms with Gasteiger partial charge < -0.3 is 29.7 Å². The number of carbonyl (C=O) groups excluding carboxylic acids is 3. The van der Waals surface area contributed by atoms with Gasteiger partial charge in [-0.25, -0.2) is 4.79 Å².